The highest BCUT2D eigenvalue weighted by atomic mass is 19.1. The summed E-state index contributed by atoms with van der Waals surface area (Å²) in [5.41, 5.74) is 3.04. The van der Waals surface area contributed by atoms with Crippen LogP contribution in [-0.4, -0.2) is 88.7 Å². The Labute approximate surface area is 257 Å². The number of benzene rings is 1. The van der Waals surface area contributed by atoms with Crippen LogP contribution in [0.3, 0.4) is 0 Å². The van der Waals surface area contributed by atoms with E-state index >= 15 is 0 Å². The average molecular weight is 603 g/mol. The van der Waals surface area contributed by atoms with Gasteiger partial charge in [0.15, 0.2) is 0 Å². The molecule has 3 amide bonds. The van der Waals surface area contributed by atoms with E-state index in [-0.39, 0.29) is 29.4 Å². The second kappa shape index (κ2) is 13.8. The van der Waals surface area contributed by atoms with Crippen LogP contribution in [0.4, 0.5) is 10.2 Å². The predicted molar refractivity (Wildman–Crippen MR) is 166 cm³/mol. The van der Waals surface area contributed by atoms with Gasteiger partial charge in [0.1, 0.15) is 29.2 Å². The topological polar surface area (TPSA) is 108 Å². The van der Waals surface area contributed by atoms with Crippen molar-refractivity contribution in [2.75, 3.05) is 45.6 Å². The number of carbonyl (C=O) groups excluding carboxylic acids is 3. The van der Waals surface area contributed by atoms with Gasteiger partial charge in [-0.05, 0) is 74.2 Å². The molecular weight excluding hydrogens is 563 g/mol. The van der Waals surface area contributed by atoms with E-state index in [9.17, 15) is 18.8 Å². The zero-order valence-electron chi connectivity index (χ0n) is 26.1. The molecule has 4 rings (SSSR count). The number of anilines is 1. The summed E-state index contributed by atoms with van der Waals surface area (Å²) in [4.78, 5) is 51.6. The minimum Gasteiger partial charge on any atom is -0.483 e. The molecule has 0 aliphatic carbocycles. The Hall–Kier alpha value is -4.64. The number of nitrogens with zero attached hydrogens (tertiary/aromatic N) is 5. The lowest BCUT2D eigenvalue weighted by Gasteiger charge is -2.40. The lowest BCUT2D eigenvalue weighted by atomic mass is 10.0. The number of halogens is 1. The molecule has 232 valence electrons. The van der Waals surface area contributed by atoms with Crippen LogP contribution >= 0.6 is 0 Å². The quantitative estimate of drug-likeness (QED) is 0.363. The van der Waals surface area contributed by atoms with Crippen LogP contribution in [0.5, 0.6) is 5.75 Å². The van der Waals surface area contributed by atoms with Crippen LogP contribution in [0.15, 0.2) is 55.4 Å². The van der Waals surface area contributed by atoms with Crippen LogP contribution in [0.1, 0.15) is 56.1 Å². The molecule has 1 aromatic carbocycles. The number of hydrogen-bond donors (Lipinski definition) is 1. The number of amides is 3. The third-order valence-corrected chi connectivity index (χ3v) is 7.67. The summed E-state index contributed by atoms with van der Waals surface area (Å²) >= 11 is 0. The summed E-state index contributed by atoms with van der Waals surface area (Å²) in [6.45, 7) is 13.1. The Morgan fingerprint density at radius 3 is 2.45 bits per heavy atom. The zero-order valence-corrected chi connectivity index (χ0v) is 26.1. The third kappa shape index (κ3) is 7.46. The fourth-order valence-electron chi connectivity index (χ4n) is 5.16. The highest BCUT2D eigenvalue weighted by Crippen LogP contribution is 2.27. The Morgan fingerprint density at radius 2 is 1.84 bits per heavy atom. The minimum absolute atomic E-state index is 0.0193. The normalized spacial score (nSPS) is 15.8. The first-order chi connectivity index (χ1) is 20.9. The van der Waals surface area contributed by atoms with Gasteiger partial charge in [-0.1, -0.05) is 18.7 Å². The van der Waals surface area contributed by atoms with Gasteiger partial charge in [0.05, 0.1) is 11.8 Å². The van der Waals surface area contributed by atoms with Crippen molar-refractivity contribution in [3.05, 3.63) is 94.7 Å². The predicted octanol–water partition coefficient (Wildman–Crippen LogP) is 4.33. The second-order valence-corrected chi connectivity index (χ2v) is 11.3. The highest BCUT2D eigenvalue weighted by molar-refractivity contribution is 6.04. The standard InChI is InChI=1S/C33H39FN6O4/c1-8-29(41)40-12-11-39(18-23(40)5)19-28(24-10-9-20(2)27(34)15-24)44-26-14-21(3)30(35-17-26)32(42)37-31-22(4)13-25(16-36-31)33(43)38(6)7/h8-10,13-17,23,28H,1,11-12,18-19H2,2-7H3,(H,36,37,42)/t23-,28-/m1/s1. The molecule has 11 heteroatoms. The van der Waals surface area contributed by atoms with Crippen LogP contribution < -0.4 is 10.1 Å². The first-order valence-electron chi connectivity index (χ1n) is 14.4. The Balaban J connectivity index is 1.51. The van der Waals surface area contributed by atoms with Gasteiger partial charge in [-0.15, -0.1) is 0 Å². The number of rotatable bonds is 9. The molecule has 44 heavy (non-hydrogen) atoms. The van der Waals surface area contributed by atoms with E-state index in [1.165, 1.54) is 29.4 Å². The molecule has 10 nitrogen and oxygen atoms in total. The molecule has 0 saturated carbocycles. The summed E-state index contributed by atoms with van der Waals surface area (Å²) in [5.74, 6) is -0.294. The van der Waals surface area contributed by atoms with Crippen molar-refractivity contribution in [1.82, 2.24) is 24.7 Å². The molecule has 0 radical (unpaired) electrons. The number of piperazine rings is 1. The lowest BCUT2D eigenvalue weighted by Crippen LogP contribution is -2.54. The Kier molecular flexibility index (Phi) is 10.1. The van der Waals surface area contributed by atoms with Gasteiger partial charge >= 0.3 is 0 Å². The molecule has 1 N–H and O–H groups in total. The van der Waals surface area contributed by atoms with Crippen molar-refractivity contribution in [2.24, 2.45) is 0 Å². The van der Waals surface area contributed by atoms with Gasteiger partial charge in [-0.25, -0.2) is 14.4 Å². The maximum absolute atomic E-state index is 14.6. The van der Waals surface area contributed by atoms with Crippen molar-refractivity contribution < 1.29 is 23.5 Å². The summed E-state index contributed by atoms with van der Waals surface area (Å²) in [6, 6.07) is 8.43. The zero-order chi connectivity index (χ0) is 32.1. The maximum atomic E-state index is 14.6. The molecule has 1 aliphatic rings. The van der Waals surface area contributed by atoms with Gasteiger partial charge in [0, 0.05) is 52.5 Å². The number of carbonyl (C=O) groups is 3. The van der Waals surface area contributed by atoms with E-state index in [4.69, 9.17) is 4.74 Å². The molecular formula is C33H39FN6O4. The van der Waals surface area contributed by atoms with Crippen LogP contribution in [0.25, 0.3) is 0 Å². The first kappa shape index (κ1) is 32.3. The van der Waals surface area contributed by atoms with E-state index in [0.29, 0.717) is 65.6 Å². The van der Waals surface area contributed by atoms with Gasteiger partial charge in [0.2, 0.25) is 5.91 Å². The van der Waals surface area contributed by atoms with Crippen molar-refractivity contribution >= 4 is 23.5 Å². The largest absolute Gasteiger partial charge is 0.483 e. The summed E-state index contributed by atoms with van der Waals surface area (Å²) in [7, 11) is 3.32. The van der Waals surface area contributed by atoms with Crippen LogP contribution in [0, 0.1) is 26.6 Å². The molecule has 2 aromatic heterocycles. The monoisotopic (exact) mass is 602 g/mol. The number of pyridine rings is 2. The van der Waals surface area contributed by atoms with Crippen LogP contribution in [0.2, 0.25) is 0 Å². The number of nitrogens with one attached hydrogen (secondary N) is 1. The SMILES string of the molecule is C=CC(=O)N1CCN(C[C@@H](Oc2cnc(C(=O)Nc3ncc(C(=O)N(C)C)cc3C)c(C)c2)c2ccc(C)c(F)c2)C[C@H]1C. The number of aryl methyl sites for hydroxylation is 3. The molecule has 3 aromatic rings. The third-order valence-electron chi connectivity index (χ3n) is 7.67. The van der Waals surface area contributed by atoms with Gasteiger partial charge in [-0.3, -0.25) is 19.3 Å². The fraction of sp³-hybridized carbons (Fsp3) is 0.364. The van der Waals surface area contributed by atoms with E-state index in [1.54, 1.807) is 58.0 Å². The van der Waals surface area contributed by atoms with E-state index in [2.05, 4.69) is 26.8 Å². The highest BCUT2D eigenvalue weighted by Gasteiger charge is 2.29. The van der Waals surface area contributed by atoms with Crippen molar-refractivity contribution in [2.45, 2.75) is 39.8 Å². The Bertz CT molecular complexity index is 1580. The summed E-state index contributed by atoms with van der Waals surface area (Å²) < 4.78 is 21.0. The molecule has 3 heterocycles. The maximum Gasteiger partial charge on any atom is 0.275 e. The lowest BCUT2D eigenvalue weighted by molar-refractivity contribution is -0.130. The van der Waals surface area contributed by atoms with Gasteiger partial charge in [-0.2, -0.15) is 0 Å². The molecule has 0 unspecified atom stereocenters. The van der Waals surface area contributed by atoms with Crippen molar-refractivity contribution in [1.29, 1.82) is 0 Å². The van der Waals surface area contributed by atoms with E-state index < -0.39 is 12.0 Å². The molecule has 1 saturated heterocycles. The molecule has 1 aliphatic heterocycles. The van der Waals surface area contributed by atoms with E-state index in [1.807, 2.05) is 13.0 Å². The second-order valence-electron chi connectivity index (χ2n) is 11.3. The smallest absolute Gasteiger partial charge is 0.275 e. The summed E-state index contributed by atoms with van der Waals surface area (Å²) in [5, 5.41) is 2.77. The molecule has 1 fully saturated rings. The van der Waals surface area contributed by atoms with E-state index in [0.717, 1.165) is 0 Å². The first-order valence-corrected chi connectivity index (χ1v) is 14.4. The molecule has 2 atom stereocenters. The van der Waals surface area contributed by atoms with Crippen LogP contribution in [-0.2, 0) is 4.79 Å². The molecule has 0 spiro atoms. The fourth-order valence-corrected chi connectivity index (χ4v) is 5.16. The number of ether oxygens (including phenoxy) is 1. The average Bonchev–Trinajstić information content (AvgIpc) is 2.98. The minimum atomic E-state index is -0.532. The van der Waals surface area contributed by atoms with Crippen molar-refractivity contribution in [3.63, 3.8) is 0 Å². The Morgan fingerprint density at radius 1 is 1.09 bits per heavy atom. The number of aromatic nitrogens is 2. The van der Waals surface area contributed by atoms with Gasteiger partial charge < -0.3 is 19.9 Å². The van der Waals surface area contributed by atoms with Gasteiger partial charge in [0.25, 0.3) is 11.8 Å². The number of hydrogen-bond acceptors (Lipinski definition) is 7. The van der Waals surface area contributed by atoms with Crippen molar-refractivity contribution in [3.8, 4) is 5.75 Å². The molecule has 0 bridgehead atoms. The summed E-state index contributed by atoms with van der Waals surface area (Å²) in [6.07, 6.45) is 3.69.